The number of hydrogen-bond donors (Lipinski definition) is 1. The van der Waals surface area contributed by atoms with Crippen LogP contribution in [0.1, 0.15) is 59.1 Å². The van der Waals surface area contributed by atoms with Gasteiger partial charge in [0, 0.05) is 13.1 Å². The van der Waals surface area contributed by atoms with E-state index in [-0.39, 0.29) is 23.8 Å². The Balaban J connectivity index is 2.23. The van der Waals surface area contributed by atoms with Crippen molar-refractivity contribution in [3.05, 3.63) is 65.7 Å². The van der Waals surface area contributed by atoms with Crippen LogP contribution in [0.4, 0.5) is 0 Å². The van der Waals surface area contributed by atoms with Crippen molar-refractivity contribution in [3.63, 3.8) is 0 Å². The molecular formula is C27H38N2O3. The van der Waals surface area contributed by atoms with E-state index in [9.17, 15) is 9.59 Å². The van der Waals surface area contributed by atoms with E-state index < -0.39 is 6.04 Å². The number of carbonyl (C=O) groups is 2. The van der Waals surface area contributed by atoms with Gasteiger partial charge in [-0.2, -0.15) is 0 Å². The highest BCUT2D eigenvalue weighted by Crippen LogP contribution is 2.31. The summed E-state index contributed by atoms with van der Waals surface area (Å²) in [6.07, 6.45) is 0.529. The molecule has 174 valence electrons. The lowest BCUT2D eigenvalue weighted by atomic mass is 9.86. The average molecular weight is 439 g/mol. The van der Waals surface area contributed by atoms with Crippen LogP contribution in [-0.4, -0.2) is 35.9 Å². The van der Waals surface area contributed by atoms with Crippen molar-refractivity contribution in [2.45, 2.75) is 66.0 Å². The monoisotopic (exact) mass is 438 g/mol. The molecule has 0 aliphatic heterocycles. The number of para-hydroxylation sites is 1. The first-order chi connectivity index (χ1) is 15.1. The summed E-state index contributed by atoms with van der Waals surface area (Å²) in [5.41, 5.74) is 1.92. The summed E-state index contributed by atoms with van der Waals surface area (Å²) >= 11 is 0. The van der Waals surface area contributed by atoms with Crippen molar-refractivity contribution in [1.29, 1.82) is 0 Å². The number of nitrogens with zero attached hydrogens (tertiary/aromatic N) is 1. The second kappa shape index (κ2) is 11.7. The molecule has 0 saturated carbocycles. The fourth-order valence-corrected chi connectivity index (χ4v) is 3.56. The third-order valence-corrected chi connectivity index (χ3v) is 5.31. The summed E-state index contributed by atoms with van der Waals surface area (Å²) < 4.78 is 5.99. The van der Waals surface area contributed by atoms with Crippen molar-refractivity contribution >= 4 is 11.8 Å². The summed E-state index contributed by atoms with van der Waals surface area (Å²) in [7, 11) is 0. The van der Waals surface area contributed by atoms with Gasteiger partial charge in [-0.15, -0.1) is 0 Å². The summed E-state index contributed by atoms with van der Waals surface area (Å²) in [6, 6.07) is 17.0. The Morgan fingerprint density at radius 2 is 1.62 bits per heavy atom. The molecule has 2 aromatic rings. The van der Waals surface area contributed by atoms with Gasteiger partial charge in [0.1, 0.15) is 11.8 Å². The molecule has 0 aliphatic carbocycles. The average Bonchev–Trinajstić information content (AvgIpc) is 2.76. The van der Waals surface area contributed by atoms with Crippen molar-refractivity contribution in [3.8, 4) is 5.75 Å². The molecule has 2 rings (SSSR count). The molecule has 32 heavy (non-hydrogen) atoms. The van der Waals surface area contributed by atoms with Crippen LogP contribution in [0.5, 0.6) is 5.75 Å². The molecule has 2 aromatic carbocycles. The second-order valence-corrected chi connectivity index (χ2v) is 9.61. The van der Waals surface area contributed by atoms with Gasteiger partial charge < -0.3 is 15.0 Å². The molecule has 1 atom stereocenters. The smallest absolute Gasteiger partial charge is 0.261 e. The van der Waals surface area contributed by atoms with Crippen LogP contribution >= 0.6 is 0 Å². The molecule has 0 aromatic heterocycles. The Bertz CT molecular complexity index is 872. The van der Waals surface area contributed by atoms with Crippen molar-refractivity contribution in [2.75, 3.05) is 13.2 Å². The summed E-state index contributed by atoms with van der Waals surface area (Å²) in [6.45, 7) is 13.2. The Morgan fingerprint density at radius 3 is 2.22 bits per heavy atom. The molecular weight excluding hydrogens is 400 g/mol. The highest BCUT2D eigenvalue weighted by Gasteiger charge is 2.29. The molecule has 2 amide bonds. The van der Waals surface area contributed by atoms with E-state index >= 15 is 0 Å². The van der Waals surface area contributed by atoms with Gasteiger partial charge in [-0.25, -0.2) is 0 Å². The third-order valence-electron chi connectivity index (χ3n) is 5.31. The maximum absolute atomic E-state index is 13.3. The van der Waals surface area contributed by atoms with E-state index in [0.717, 1.165) is 11.1 Å². The number of hydrogen-bond acceptors (Lipinski definition) is 3. The zero-order valence-electron chi connectivity index (χ0n) is 20.4. The van der Waals surface area contributed by atoms with Crippen LogP contribution in [0, 0.1) is 5.92 Å². The molecule has 5 nitrogen and oxygen atoms in total. The van der Waals surface area contributed by atoms with Gasteiger partial charge in [-0.05, 0) is 34.9 Å². The Kier molecular flexibility index (Phi) is 9.30. The lowest BCUT2D eigenvalue weighted by Gasteiger charge is -2.31. The van der Waals surface area contributed by atoms with Gasteiger partial charge in [0.25, 0.3) is 5.91 Å². The van der Waals surface area contributed by atoms with Gasteiger partial charge in [0.2, 0.25) is 5.91 Å². The van der Waals surface area contributed by atoms with Crippen molar-refractivity contribution in [1.82, 2.24) is 10.2 Å². The Labute approximate surface area is 193 Å². The lowest BCUT2D eigenvalue weighted by Crippen LogP contribution is -2.50. The predicted molar refractivity (Wildman–Crippen MR) is 130 cm³/mol. The zero-order chi connectivity index (χ0) is 23.7. The number of rotatable bonds is 10. The third kappa shape index (κ3) is 7.40. The van der Waals surface area contributed by atoms with E-state index in [1.54, 1.807) is 4.90 Å². The van der Waals surface area contributed by atoms with E-state index in [1.165, 1.54) is 0 Å². The molecule has 0 spiro atoms. The summed E-state index contributed by atoms with van der Waals surface area (Å²) in [4.78, 5) is 27.9. The predicted octanol–water partition coefficient (Wildman–Crippen LogP) is 4.94. The Hall–Kier alpha value is -2.82. The molecule has 5 heteroatoms. The fourth-order valence-electron chi connectivity index (χ4n) is 3.56. The first-order valence-electron chi connectivity index (χ1n) is 11.5. The highest BCUT2D eigenvalue weighted by atomic mass is 16.5. The van der Waals surface area contributed by atoms with Crippen LogP contribution in [0.15, 0.2) is 54.6 Å². The molecule has 0 bridgehead atoms. The second-order valence-electron chi connectivity index (χ2n) is 9.61. The number of nitrogens with one attached hydrogen (secondary N) is 1. The van der Waals surface area contributed by atoms with E-state index in [1.807, 2.05) is 61.5 Å². The van der Waals surface area contributed by atoms with E-state index in [2.05, 4.69) is 39.9 Å². The minimum atomic E-state index is -0.553. The molecule has 0 fully saturated rings. The van der Waals surface area contributed by atoms with Gasteiger partial charge in [-0.3, -0.25) is 9.59 Å². The van der Waals surface area contributed by atoms with Gasteiger partial charge in [0.05, 0.1) is 0 Å². The quantitative estimate of drug-likeness (QED) is 0.571. The molecule has 0 aliphatic rings. The van der Waals surface area contributed by atoms with E-state index in [0.29, 0.717) is 31.2 Å². The number of benzene rings is 2. The zero-order valence-corrected chi connectivity index (χ0v) is 20.4. The number of ether oxygens (including phenoxy) is 1. The maximum atomic E-state index is 13.3. The molecule has 0 saturated heterocycles. The first kappa shape index (κ1) is 25.4. The summed E-state index contributed by atoms with van der Waals surface area (Å²) in [5.74, 6) is 0.710. The molecule has 0 heterocycles. The number of amides is 2. The van der Waals surface area contributed by atoms with Crippen molar-refractivity contribution < 1.29 is 14.3 Å². The van der Waals surface area contributed by atoms with Crippen molar-refractivity contribution in [2.24, 2.45) is 5.92 Å². The largest absolute Gasteiger partial charge is 0.483 e. The van der Waals surface area contributed by atoms with Crippen LogP contribution < -0.4 is 10.1 Å². The first-order valence-corrected chi connectivity index (χ1v) is 11.5. The SMILES string of the molecule is CC[C@@H](C(=O)NCC(C)C)N(Cc1ccccc1)C(=O)COc1ccccc1C(C)(C)C. The normalized spacial score (nSPS) is 12.3. The standard InChI is InChI=1S/C27H38N2O3/c1-7-23(26(31)28-17-20(2)3)29(18-21-13-9-8-10-14-21)25(30)19-32-24-16-12-11-15-22(24)27(4,5)6/h8-16,20,23H,7,17-19H2,1-6H3,(H,28,31)/t23-/m0/s1. The Morgan fingerprint density at radius 1 is 1.00 bits per heavy atom. The topological polar surface area (TPSA) is 58.6 Å². The van der Waals surface area contributed by atoms with Gasteiger partial charge >= 0.3 is 0 Å². The van der Waals surface area contributed by atoms with Crippen LogP contribution in [0.25, 0.3) is 0 Å². The fraction of sp³-hybridized carbons (Fsp3) is 0.481. The van der Waals surface area contributed by atoms with Crippen LogP contribution in [0.2, 0.25) is 0 Å². The molecule has 1 N–H and O–H groups in total. The van der Waals surface area contributed by atoms with Crippen LogP contribution in [-0.2, 0) is 21.5 Å². The molecule has 0 unspecified atom stereocenters. The highest BCUT2D eigenvalue weighted by molar-refractivity contribution is 5.88. The maximum Gasteiger partial charge on any atom is 0.261 e. The van der Waals surface area contributed by atoms with Gasteiger partial charge in [0.15, 0.2) is 6.61 Å². The van der Waals surface area contributed by atoms with Crippen LogP contribution in [0.3, 0.4) is 0 Å². The van der Waals surface area contributed by atoms with E-state index in [4.69, 9.17) is 4.74 Å². The lowest BCUT2D eigenvalue weighted by molar-refractivity contribution is -0.143. The van der Waals surface area contributed by atoms with Gasteiger partial charge in [-0.1, -0.05) is 90.1 Å². The minimum absolute atomic E-state index is 0.105. The molecule has 0 radical (unpaired) electrons. The summed E-state index contributed by atoms with van der Waals surface area (Å²) in [5, 5.41) is 2.98. The number of carbonyl (C=O) groups excluding carboxylic acids is 2. The minimum Gasteiger partial charge on any atom is -0.483 e.